The highest BCUT2D eigenvalue weighted by atomic mass is 19.1. The van der Waals surface area contributed by atoms with Crippen LogP contribution in [0.3, 0.4) is 0 Å². The van der Waals surface area contributed by atoms with Crippen molar-refractivity contribution in [3.05, 3.63) is 35.1 Å². The number of halogens is 1. The van der Waals surface area contributed by atoms with Crippen LogP contribution < -0.4 is 16.4 Å². The first kappa shape index (κ1) is 16.1. The SMILES string of the molecule is Cc1ccc(C(=O)NCCNC(=O)C(C)CN)cc1F. The highest BCUT2D eigenvalue weighted by molar-refractivity contribution is 5.94. The van der Waals surface area contributed by atoms with Crippen LogP contribution in [-0.2, 0) is 4.79 Å². The zero-order valence-electron chi connectivity index (χ0n) is 11.7. The van der Waals surface area contributed by atoms with Gasteiger partial charge in [-0.1, -0.05) is 13.0 Å². The van der Waals surface area contributed by atoms with Crippen molar-refractivity contribution in [1.29, 1.82) is 0 Å². The number of nitrogens with one attached hydrogen (secondary N) is 2. The lowest BCUT2D eigenvalue weighted by Gasteiger charge is -2.10. The molecule has 2 amide bonds. The van der Waals surface area contributed by atoms with Gasteiger partial charge in [-0.2, -0.15) is 0 Å². The fraction of sp³-hybridized carbons (Fsp3) is 0.429. The number of benzene rings is 1. The van der Waals surface area contributed by atoms with Gasteiger partial charge in [0, 0.05) is 31.1 Å². The van der Waals surface area contributed by atoms with E-state index in [2.05, 4.69) is 10.6 Å². The monoisotopic (exact) mass is 281 g/mol. The summed E-state index contributed by atoms with van der Waals surface area (Å²) in [6.07, 6.45) is 0. The lowest BCUT2D eigenvalue weighted by Crippen LogP contribution is -2.38. The van der Waals surface area contributed by atoms with E-state index in [1.807, 2.05) is 0 Å². The van der Waals surface area contributed by atoms with Gasteiger partial charge in [-0.25, -0.2) is 4.39 Å². The van der Waals surface area contributed by atoms with Gasteiger partial charge in [0.05, 0.1) is 0 Å². The first-order valence-corrected chi connectivity index (χ1v) is 6.47. The Morgan fingerprint density at radius 3 is 2.55 bits per heavy atom. The predicted octanol–water partition coefficient (Wildman–Crippen LogP) is 0.575. The third-order valence-corrected chi connectivity index (χ3v) is 2.94. The zero-order chi connectivity index (χ0) is 15.1. The fourth-order valence-electron chi connectivity index (χ4n) is 1.48. The fourth-order valence-corrected chi connectivity index (χ4v) is 1.48. The van der Waals surface area contributed by atoms with Crippen molar-refractivity contribution in [1.82, 2.24) is 10.6 Å². The van der Waals surface area contributed by atoms with Gasteiger partial charge in [0.1, 0.15) is 5.82 Å². The van der Waals surface area contributed by atoms with Crippen LogP contribution in [0.25, 0.3) is 0 Å². The molecule has 0 fully saturated rings. The minimum absolute atomic E-state index is 0.150. The second-order valence-corrected chi connectivity index (χ2v) is 4.65. The van der Waals surface area contributed by atoms with Crippen LogP contribution in [0.1, 0.15) is 22.8 Å². The molecule has 0 saturated heterocycles. The van der Waals surface area contributed by atoms with Crippen molar-refractivity contribution in [2.24, 2.45) is 11.7 Å². The molecule has 0 radical (unpaired) electrons. The summed E-state index contributed by atoms with van der Waals surface area (Å²) in [6.45, 7) is 4.22. The molecule has 1 rings (SSSR count). The lowest BCUT2D eigenvalue weighted by atomic mass is 10.1. The Morgan fingerprint density at radius 1 is 1.30 bits per heavy atom. The van der Waals surface area contributed by atoms with Gasteiger partial charge in [-0.3, -0.25) is 9.59 Å². The molecule has 0 spiro atoms. The van der Waals surface area contributed by atoms with E-state index in [0.717, 1.165) is 0 Å². The smallest absolute Gasteiger partial charge is 0.251 e. The molecule has 0 aromatic heterocycles. The van der Waals surface area contributed by atoms with Crippen molar-refractivity contribution in [2.75, 3.05) is 19.6 Å². The van der Waals surface area contributed by atoms with Gasteiger partial charge in [-0.05, 0) is 24.6 Å². The summed E-state index contributed by atoms with van der Waals surface area (Å²) in [5, 5.41) is 5.26. The Labute approximate surface area is 117 Å². The van der Waals surface area contributed by atoms with Crippen LogP contribution in [0.2, 0.25) is 0 Å². The highest BCUT2D eigenvalue weighted by Crippen LogP contribution is 2.08. The van der Waals surface area contributed by atoms with Crippen LogP contribution in [0.15, 0.2) is 18.2 Å². The molecule has 6 heteroatoms. The van der Waals surface area contributed by atoms with E-state index >= 15 is 0 Å². The summed E-state index contributed by atoms with van der Waals surface area (Å²) in [4.78, 5) is 23.1. The Balaban J connectivity index is 2.37. The molecular formula is C14H20FN3O2. The van der Waals surface area contributed by atoms with E-state index in [0.29, 0.717) is 12.1 Å². The molecule has 1 aromatic carbocycles. The minimum atomic E-state index is -0.414. The third-order valence-electron chi connectivity index (χ3n) is 2.94. The summed E-state index contributed by atoms with van der Waals surface area (Å²) in [5.41, 5.74) is 6.11. The van der Waals surface area contributed by atoms with Crippen LogP contribution in [0.4, 0.5) is 4.39 Å². The number of hydrogen-bond acceptors (Lipinski definition) is 3. The molecule has 1 unspecified atom stereocenters. The van der Waals surface area contributed by atoms with Gasteiger partial charge in [0.25, 0.3) is 5.91 Å². The van der Waals surface area contributed by atoms with Gasteiger partial charge in [0.2, 0.25) is 5.91 Å². The summed E-state index contributed by atoms with van der Waals surface area (Å²) >= 11 is 0. The molecule has 1 aromatic rings. The number of carbonyl (C=O) groups is 2. The van der Waals surface area contributed by atoms with E-state index in [1.54, 1.807) is 26.0 Å². The van der Waals surface area contributed by atoms with Crippen LogP contribution >= 0.6 is 0 Å². The standard InChI is InChI=1S/C14H20FN3O2/c1-9-3-4-11(7-12(9)15)14(20)18-6-5-17-13(19)10(2)8-16/h3-4,7,10H,5-6,8,16H2,1-2H3,(H,17,19)(H,18,20). The Bertz CT molecular complexity index is 491. The van der Waals surface area contributed by atoms with Crippen LogP contribution in [-0.4, -0.2) is 31.4 Å². The molecule has 0 saturated carbocycles. The molecule has 0 heterocycles. The summed E-state index contributed by atoms with van der Waals surface area (Å²) in [6, 6.07) is 4.30. The van der Waals surface area contributed by atoms with Crippen LogP contribution in [0, 0.1) is 18.7 Å². The molecule has 0 aliphatic rings. The molecule has 5 nitrogen and oxygen atoms in total. The summed E-state index contributed by atoms with van der Waals surface area (Å²) in [5.74, 6) is -1.19. The molecule has 1 atom stereocenters. The summed E-state index contributed by atoms with van der Waals surface area (Å²) in [7, 11) is 0. The van der Waals surface area contributed by atoms with E-state index in [9.17, 15) is 14.0 Å². The maximum Gasteiger partial charge on any atom is 0.251 e. The molecule has 0 aliphatic carbocycles. The minimum Gasteiger partial charge on any atom is -0.354 e. The second kappa shape index (κ2) is 7.59. The second-order valence-electron chi connectivity index (χ2n) is 4.65. The predicted molar refractivity (Wildman–Crippen MR) is 74.7 cm³/mol. The van der Waals surface area contributed by atoms with Gasteiger partial charge >= 0.3 is 0 Å². The first-order chi connectivity index (χ1) is 9.45. The van der Waals surface area contributed by atoms with Crippen molar-refractivity contribution < 1.29 is 14.0 Å². The molecule has 110 valence electrons. The van der Waals surface area contributed by atoms with Crippen molar-refractivity contribution in [2.45, 2.75) is 13.8 Å². The number of amides is 2. The molecular weight excluding hydrogens is 261 g/mol. The summed E-state index contributed by atoms with van der Waals surface area (Å²) < 4.78 is 13.3. The first-order valence-electron chi connectivity index (χ1n) is 6.47. The number of hydrogen-bond donors (Lipinski definition) is 3. The maximum atomic E-state index is 13.3. The Hall–Kier alpha value is -1.95. The van der Waals surface area contributed by atoms with E-state index in [1.165, 1.54) is 6.07 Å². The zero-order valence-corrected chi connectivity index (χ0v) is 11.7. The number of nitrogens with two attached hydrogens (primary N) is 1. The average molecular weight is 281 g/mol. The van der Waals surface area contributed by atoms with E-state index < -0.39 is 5.82 Å². The number of aryl methyl sites for hydroxylation is 1. The normalized spacial score (nSPS) is 11.8. The molecule has 4 N–H and O–H groups in total. The van der Waals surface area contributed by atoms with Gasteiger partial charge in [-0.15, -0.1) is 0 Å². The molecule has 0 aliphatic heterocycles. The van der Waals surface area contributed by atoms with Crippen molar-refractivity contribution in [3.63, 3.8) is 0 Å². The topological polar surface area (TPSA) is 84.2 Å². The number of rotatable bonds is 6. The number of carbonyl (C=O) groups excluding carboxylic acids is 2. The van der Waals surface area contributed by atoms with Crippen LogP contribution in [0.5, 0.6) is 0 Å². The van der Waals surface area contributed by atoms with Gasteiger partial charge in [0.15, 0.2) is 0 Å². The molecule has 20 heavy (non-hydrogen) atoms. The van der Waals surface area contributed by atoms with E-state index in [4.69, 9.17) is 5.73 Å². The quantitative estimate of drug-likeness (QED) is 0.667. The van der Waals surface area contributed by atoms with Gasteiger partial charge < -0.3 is 16.4 Å². The Kier molecular flexibility index (Phi) is 6.11. The van der Waals surface area contributed by atoms with Crippen molar-refractivity contribution in [3.8, 4) is 0 Å². The Morgan fingerprint density at radius 2 is 1.95 bits per heavy atom. The molecule has 0 bridgehead atoms. The highest BCUT2D eigenvalue weighted by Gasteiger charge is 2.10. The largest absolute Gasteiger partial charge is 0.354 e. The van der Waals surface area contributed by atoms with E-state index in [-0.39, 0.29) is 36.4 Å². The maximum absolute atomic E-state index is 13.3. The third kappa shape index (κ3) is 4.62. The van der Waals surface area contributed by atoms with Crippen molar-refractivity contribution >= 4 is 11.8 Å². The average Bonchev–Trinajstić information content (AvgIpc) is 2.44. The lowest BCUT2D eigenvalue weighted by molar-refractivity contribution is -0.124.